The quantitative estimate of drug-likeness (QED) is 0.291. The van der Waals surface area contributed by atoms with Gasteiger partial charge in [-0.2, -0.15) is 8.42 Å². The zero-order valence-electron chi connectivity index (χ0n) is 8.16. The maximum Gasteiger partial charge on any atom is 0.397 e. The van der Waals surface area contributed by atoms with E-state index in [1.165, 1.54) is 0 Å². The summed E-state index contributed by atoms with van der Waals surface area (Å²) in [4.78, 5) is 10.2. The van der Waals surface area contributed by atoms with Crippen molar-refractivity contribution in [3.63, 3.8) is 0 Å². The predicted octanol–water partition coefficient (Wildman–Crippen LogP) is -2.80. The van der Waals surface area contributed by atoms with E-state index in [1.807, 2.05) is 0 Å². The minimum Gasteiger partial charge on any atom is -0.480 e. The van der Waals surface area contributed by atoms with Gasteiger partial charge in [-0.1, -0.05) is 0 Å². The normalized spacial score (nSPS) is 12.7. The third-order valence-corrected chi connectivity index (χ3v) is 2.12. The lowest BCUT2D eigenvalue weighted by Gasteiger charge is -2.29. The molecule has 0 saturated heterocycles. The van der Waals surface area contributed by atoms with Gasteiger partial charge in [-0.3, -0.25) is 14.7 Å². The second-order valence-corrected chi connectivity index (χ2v) is 4.12. The summed E-state index contributed by atoms with van der Waals surface area (Å²) in [5.74, 6) is -1.27. The van der Waals surface area contributed by atoms with Gasteiger partial charge in [0, 0.05) is 0 Å². The van der Waals surface area contributed by atoms with Gasteiger partial charge in [0.25, 0.3) is 0 Å². The number of aliphatic hydroxyl groups is 2. The molecule has 10 heteroatoms. The van der Waals surface area contributed by atoms with Gasteiger partial charge in [0.1, 0.15) is 0 Å². The molecule has 9 nitrogen and oxygen atoms in total. The van der Waals surface area contributed by atoms with Crippen LogP contribution < -0.4 is 5.32 Å². The second-order valence-electron chi connectivity index (χ2n) is 3.03. The van der Waals surface area contributed by atoms with E-state index >= 15 is 0 Å². The van der Waals surface area contributed by atoms with Crippen LogP contribution in [0.2, 0.25) is 0 Å². The standard InChI is InChI=1S/C6H13NO8S/c8-2-6(3-9,7-1-5(10)11)4-15-16(12,13)14/h7-9H,1-4H2,(H,10,11)(H,12,13,14). The van der Waals surface area contributed by atoms with Gasteiger partial charge in [0.15, 0.2) is 0 Å². The highest BCUT2D eigenvalue weighted by Gasteiger charge is 2.31. The van der Waals surface area contributed by atoms with Gasteiger partial charge in [0.2, 0.25) is 0 Å². The highest BCUT2D eigenvalue weighted by molar-refractivity contribution is 7.80. The van der Waals surface area contributed by atoms with E-state index in [2.05, 4.69) is 9.50 Å². The van der Waals surface area contributed by atoms with Gasteiger partial charge in [-0.05, 0) is 0 Å². The molecule has 0 bridgehead atoms. The highest BCUT2D eigenvalue weighted by atomic mass is 32.3. The van der Waals surface area contributed by atoms with Crippen molar-refractivity contribution in [1.29, 1.82) is 0 Å². The van der Waals surface area contributed by atoms with Crippen molar-refractivity contribution < 1.29 is 37.3 Å². The molecule has 0 heterocycles. The molecule has 0 aliphatic rings. The Kier molecular flexibility index (Phi) is 5.78. The van der Waals surface area contributed by atoms with E-state index in [0.29, 0.717) is 0 Å². The minimum atomic E-state index is -4.73. The molecular formula is C6H13NO8S. The van der Waals surface area contributed by atoms with Crippen LogP contribution in [-0.4, -0.2) is 66.2 Å². The Balaban J connectivity index is 4.49. The molecule has 0 radical (unpaired) electrons. The largest absolute Gasteiger partial charge is 0.480 e. The monoisotopic (exact) mass is 259 g/mol. The number of hydrogen-bond acceptors (Lipinski definition) is 7. The molecule has 0 unspecified atom stereocenters. The number of aliphatic carboxylic acids is 1. The zero-order chi connectivity index (χ0) is 12.8. The molecule has 0 spiro atoms. The average Bonchev–Trinajstić information content (AvgIpc) is 2.18. The van der Waals surface area contributed by atoms with E-state index in [0.717, 1.165) is 0 Å². The maximum absolute atomic E-state index is 10.3. The van der Waals surface area contributed by atoms with Crippen LogP contribution in [0.25, 0.3) is 0 Å². The smallest absolute Gasteiger partial charge is 0.397 e. The van der Waals surface area contributed by atoms with Crippen molar-refractivity contribution in [3.05, 3.63) is 0 Å². The van der Waals surface area contributed by atoms with Crippen LogP contribution in [0.15, 0.2) is 0 Å². The fourth-order valence-corrected chi connectivity index (χ4v) is 1.13. The Morgan fingerprint density at radius 1 is 1.31 bits per heavy atom. The summed E-state index contributed by atoms with van der Waals surface area (Å²) in [5.41, 5.74) is -1.66. The number of hydrogen-bond donors (Lipinski definition) is 5. The van der Waals surface area contributed by atoms with Crippen LogP contribution >= 0.6 is 0 Å². The molecule has 0 aromatic rings. The fourth-order valence-electron chi connectivity index (χ4n) is 0.754. The van der Waals surface area contributed by atoms with Crippen molar-refractivity contribution in [3.8, 4) is 0 Å². The first-order valence-electron chi connectivity index (χ1n) is 4.05. The first kappa shape index (κ1) is 15.2. The Morgan fingerprint density at radius 2 is 1.81 bits per heavy atom. The van der Waals surface area contributed by atoms with E-state index in [4.69, 9.17) is 19.9 Å². The van der Waals surface area contributed by atoms with Crippen molar-refractivity contribution in [2.24, 2.45) is 0 Å². The Morgan fingerprint density at radius 3 is 2.12 bits per heavy atom. The number of carbonyl (C=O) groups is 1. The Labute approximate surface area is 91.6 Å². The van der Waals surface area contributed by atoms with Crippen LogP contribution in [0.4, 0.5) is 0 Å². The molecule has 0 atom stereocenters. The van der Waals surface area contributed by atoms with Gasteiger partial charge in [-0.25, -0.2) is 4.18 Å². The lowest BCUT2D eigenvalue weighted by Crippen LogP contribution is -2.57. The molecule has 0 saturated carbocycles. The summed E-state index contributed by atoms with van der Waals surface area (Å²) >= 11 is 0. The molecule has 0 fully saturated rings. The van der Waals surface area contributed by atoms with Crippen LogP contribution in [0.5, 0.6) is 0 Å². The zero-order valence-corrected chi connectivity index (χ0v) is 8.98. The van der Waals surface area contributed by atoms with Crippen LogP contribution in [-0.2, 0) is 19.4 Å². The van der Waals surface area contributed by atoms with Crippen molar-refractivity contribution in [2.45, 2.75) is 5.54 Å². The molecule has 5 N–H and O–H groups in total. The van der Waals surface area contributed by atoms with Crippen molar-refractivity contribution in [1.82, 2.24) is 5.32 Å². The first-order valence-corrected chi connectivity index (χ1v) is 5.41. The van der Waals surface area contributed by atoms with E-state index < -0.39 is 48.3 Å². The van der Waals surface area contributed by atoms with Crippen molar-refractivity contribution >= 4 is 16.4 Å². The molecule has 96 valence electrons. The van der Waals surface area contributed by atoms with Crippen LogP contribution in [0.3, 0.4) is 0 Å². The summed E-state index contributed by atoms with van der Waals surface area (Å²) in [6.45, 7) is -2.96. The summed E-state index contributed by atoms with van der Waals surface area (Å²) in [6.07, 6.45) is 0. The summed E-state index contributed by atoms with van der Waals surface area (Å²) < 4.78 is 32.8. The van der Waals surface area contributed by atoms with E-state index in [1.54, 1.807) is 0 Å². The topological polar surface area (TPSA) is 153 Å². The molecule has 0 aromatic carbocycles. The lowest BCUT2D eigenvalue weighted by atomic mass is 10.0. The molecule has 0 aliphatic heterocycles. The minimum absolute atomic E-state index is 0.615. The molecular weight excluding hydrogens is 246 g/mol. The SMILES string of the molecule is O=C(O)CNC(CO)(CO)COS(=O)(=O)O. The summed E-state index contributed by atoms with van der Waals surface area (Å²) in [6, 6.07) is 0. The first-order chi connectivity index (χ1) is 7.24. The van der Waals surface area contributed by atoms with Gasteiger partial charge in [0.05, 0.1) is 31.9 Å². The third-order valence-electron chi connectivity index (χ3n) is 1.70. The highest BCUT2D eigenvalue weighted by Crippen LogP contribution is 2.05. The van der Waals surface area contributed by atoms with Gasteiger partial charge < -0.3 is 15.3 Å². The number of rotatable bonds is 8. The van der Waals surface area contributed by atoms with Crippen molar-refractivity contribution in [2.75, 3.05) is 26.4 Å². The van der Waals surface area contributed by atoms with Gasteiger partial charge >= 0.3 is 16.4 Å². The lowest BCUT2D eigenvalue weighted by molar-refractivity contribution is -0.136. The molecule has 0 amide bonds. The number of aliphatic hydroxyl groups excluding tert-OH is 2. The van der Waals surface area contributed by atoms with E-state index in [9.17, 15) is 13.2 Å². The fraction of sp³-hybridized carbons (Fsp3) is 0.833. The van der Waals surface area contributed by atoms with E-state index in [-0.39, 0.29) is 0 Å². The Hall–Kier alpha value is -0.780. The molecule has 0 aliphatic carbocycles. The summed E-state index contributed by atoms with van der Waals surface area (Å²) in [5, 5.41) is 28.4. The molecule has 0 rings (SSSR count). The average molecular weight is 259 g/mol. The third kappa shape index (κ3) is 5.95. The maximum atomic E-state index is 10.3. The number of carboxylic acid groups (broad SMARTS) is 1. The number of nitrogens with one attached hydrogen (secondary N) is 1. The molecule has 0 aromatic heterocycles. The molecule has 16 heavy (non-hydrogen) atoms. The summed E-state index contributed by atoms with van der Waals surface area (Å²) in [7, 11) is -4.73. The predicted molar refractivity (Wildman–Crippen MR) is 50.0 cm³/mol. The number of carboxylic acids is 1. The Bertz CT molecular complexity index is 321. The second kappa shape index (κ2) is 6.08. The van der Waals surface area contributed by atoms with Crippen LogP contribution in [0.1, 0.15) is 0 Å². The van der Waals surface area contributed by atoms with Crippen LogP contribution in [0, 0.1) is 0 Å². The van der Waals surface area contributed by atoms with Gasteiger partial charge in [-0.15, -0.1) is 0 Å².